The molecule has 2 unspecified atom stereocenters. The van der Waals surface area contributed by atoms with Crippen molar-refractivity contribution in [3.63, 3.8) is 0 Å². The lowest BCUT2D eigenvalue weighted by atomic mass is 9.99. The van der Waals surface area contributed by atoms with Crippen molar-refractivity contribution in [2.75, 3.05) is 5.32 Å². The van der Waals surface area contributed by atoms with E-state index in [1.165, 1.54) is 6.07 Å². The molecule has 17 heavy (non-hydrogen) atoms. The quantitative estimate of drug-likeness (QED) is 0.846. The average molecular weight is 238 g/mol. The second-order valence-corrected chi connectivity index (χ2v) is 4.38. The molecular weight excluding hydrogens is 219 g/mol. The fourth-order valence-electron chi connectivity index (χ4n) is 1.46. The van der Waals surface area contributed by atoms with Gasteiger partial charge in [-0.05, 0) is 30.5 Å². The Morgan fingerprint density at radius 3 is 2.76 bits per heavy atom. The summed E-state index contributed by atoms with van der Waals surface area (Å²) in [6, 6.07) is 3.97. The van der Waals surface area contributed by atoms with Gasteiger partial charge in [0.25, 0.3) is 0 Å². The summed E-state index contributed by atoms with van der Waals surface area (Å²) in [4.78, 5) is 11.8. The zero-order valence-corrected chi connectivity index (χ0v) is 10.5. The van der Waals surface area contributed by atoms with E-state index in [-0.39, 0.29) is 17.5 Å². The summed E-state index contributed by atoms with van der Waals surface area (Å²) in [5.41, 5.74) is 6.85. The highest BCUT2D eigenvalue weighted by Crippen LogP contribution is 2.16. The molecule has 0 spiro atoms. The lowest BCUT2D eigenvalue weighted by Gasteiger charge is -2.18. The van der Waals surface area contributed by atoms with E-state index in [1.807, 2.05) is 20.8 Å². The van der Waals surface area contributed by atoms with Crippen LogP contribution in [0.4, 0.5) is 10.1 Å². The van der Waals surface area contributed by atoms with Crippen LogP contribution in [0.25, 0.3) is 0 Å². The second kappa shape index (κ2) is 5.77. The largest absolute Gasteiger partial charge is 0.322 e. The van der Waals surface area contributed by atoms with Crippen molar-refractivity contribution < 1.29 is 9.18 Å². The van der Waals surface area contributed by atoms with E-state index in [1.54, 1.807) is 12.1 Å². The number of benzene rings is 1. The monoisotopic (exact) mass is 238 g/mol. The zero-order valence-electron chi connectivity index (χ0n) is 10.5. The molecule has 4 heteroatoms. The SMILES string of the molecule is CCC(C)C(N)C(=O)Nc1cc(C)ccc1F. The van der Waals surface area contributed by atoms with Gasteiger partial charge in [-0.2, -0.15) is 0 Å². The van der Waals surface area contributed by atoms with Crippen LogP contribution in [0.5, 0.6) is 0 Å². The third-order valence-electron chi connectivity index (χ3n) is 2.94. The van der Waals surface area contributed by atoms with E-state index in [0.29, 0.717) is 0 Å². The Labute approximate surface area is 101 Å². The molecule has 1 aromatic carbocycles. The standard InChI is InChI=1S/C13H19FN2O/c1-4-9(3)12(15)13(17)16-11-7-8(2)5-6-10(11)14/h5-7,9,12H,4,15H2,1-3H3,(H,16,17). The van der Waals surface area contributed by atoms with Crippen LogP contribution in [0.15, 0.2) is 18.2 Å². The number of hydrogen-bond donors (Lipinski definition) is 2. The van der Waals surface area contributed by atoms with Crippen molar-refractivity contribution in [2.24, 2.45) is 11.7 Å². The molecule has 3 nitrogen and oxygen atoms in total. The van der Waals surface area contributed by atoms with Crippen molar-refractivity contribution in [3.05, 3.63) is 29.6 Å². The minimum atomic E-state index is -0.611. The maximum Gasteiger partial charge on any atom is 0.241 e. The van der Waals surface area contributed by atoms with Gasteiger partial charge in [0, 0.05) is 0 Å². The highest BCUT2D eigenvalue weighted by molar-refractivity contribution is 5.95. The Kier molecular flexibility index (Phi) is 4.63. The number of carbonyl (C=O) groups is 1. The van der Waals surface area contributed by atoms with E-state index in [2.05, 4.69) is 5.32 Å². The molecule has 0 fully saturated rings. The van der Waals surface area contributed by atoms with Crippen molar-refractivity contribution >= 4 is 11.6 Å². The van der Waals surface area contributed by atoms with Gasteiger partial charge in [-0.25, -0.2) is 4.39 Å². The highest BCUT2D eigenvalue weighted by Gasteiger charge is 2.20. The van der Waals surface area contributed by atoms with Crippen LogP contribution in [0.2, 0.25) is 0 Å². The van der Waals surface area contributed by atoms with Crippen LogP contribution in [0.3, 0.4) is 0 Å². The molecule has 0 radical (unpaired) electrons. The summed E-state index contributed by atoms with van der Waals surface area (Å²) < 4.78 is 13.4. The molecule has 1 aromatic rings. The van der Waals surface area contributed by atoms with Gasteiger partial charge in [-0.3, -0.25) is 4.79 Å². The van der Waals surface area contributed by atoms with Gasteiger partial charge in [0.15, 0.2) is 0 Å². The number of hydrogen-bond acceptors (Lipinski definition) is 2. The zero-order chi connectivity index (χ0) is 13.0. The molecule has 0 saturated heterocycles. The van der Waals surface area contributed by atoms with Gasteiger partial charge < -0.3 is 11.1 Å². The number of nitrogens with one attached hydrogen (secondary N) is 1. The Morgan fingerprint density at radius 1 is 1.53 bits per heavy atom. The number of amides is 1. The summed E-state index contributed by atoms with van der Waals surface area (Å²) in [6.07, 6.45) is 0.810. The third kappa shape index (κ3) is 3.53. The number of rotatable bonds is 4. The lowest BCUT2D eigenvalue weighted by molar-refractivity contribution is -0.118. The van der Waals surface area contributed by atoms with Gasteiger partial charge in [-0.15, -0.1) is 0 Å². The van der Waals surface area contributed by atoms with Gasteiger partial charge in [0.2, 0.25) is 5.91 Å². The van der Waals surface area contributed by atoms with E-state index in [0.717, 1.165) is 12.0 Å². The number of aryl methyl sites for hydroxylation is 1. The molecule has 0 aromatic heterocycles. The van der Waals surface area contributed by atoms with Gasteiger partial charge >= 0.3 is 0 Å². The number of anilines is 1. The van der Waals surface area contributed by atoms with E-state index >= 15 is 0 Å². The maximum atomic E-state index is 13.4. The number of carbonyl (C=O) groups excluding carboxylic acids is 1. The number of nitrogens with two attached hydrogens (primary N) is 1. The van der Waals surface area contributed by atoms with Crippen LogP contribution < -0.4 is 11.1 Å². The molecule has 2 atom stereocenters. The van der Waals surface area contributed by atoms with E-state index in [9.17, 15) is 9.18 Å². The summed E-state index contributed by atoms with van der Waals surface area (Å²) in [7, 11) is 0. The Balaban J connectivity index is 2.77. The molecule has 0 aliphatic rings. The predicted octanol–water partition coefficient (Wildman–Crippen LogP) is 2.45. The lowest BCUT2D eigenvalue weighted by Crippen LogP contribution is -2.40. The first kappa shape index (κ1) is 13.6. The molecule has 1 rings (SSSR count). The van der Waals surface area contributed by atoms with Crippen LogP contribution in [0, 0.1) is 18.7 Å². The molecule has 94 valence electrons. The van der Waals surface area contributed by atoms with Gasteiger partial charge in [-0.1, -0.05) is 26.3 Å². The van der Waals surface area contributed by atoms with E-state index in [4.69, 9.17) is 5.73 Å². The summed E-state index contributed by atoms with van der Waals surface area (Å²) in [5, 5.41) is 2.53. The molecule has 0 bridgehead atoms. The molecule has 0 heterocycles. The first-order valence-corrected chi connectivity index (χ1v) is 5.78. The van der Waals surface area contributed by atoms with Crippen LogP contribution in [0.1, 0.15) is 25.8 Å². The van der Waals surface area contributed by atoms with Crippen LogP contribution in [-0.2, 0) is 4.79 Å². The predicted molar refractivity (Wildman–Crippen MR) is 67.2 cm³/mol. The molecule has 0 saturated carbocycles. The van der Waals surface area contributed by atoms with Crippen LogP contribution >= 0.6 is 0 Å². The van der Waals surface area contributed by atoms with Crippen molar-refractivity contribution in [1.29, 1.82) is 0 Å². The molecule has 0 aliphatic heterocycles. The van der Waals surface area contributed by atoms with Crippen molar-refractivity contribution in [3.8, 4) is 0 Å². The molecule has 1 amide bonds. The molecule has 3 N–H and O–H groups in total. The molecule has 0 aliphatic carbocycles. The molecular formula is C13H19FN2O. The summed E-state index contributed by atoms with van der Waals surface area (Å²) >= 11 is 0. The van der Waals surface area contributed by atoms with Crippen LogP contribution in [-0.4, -0.2) is 11.9 Å². The topological polar surface area (TPSA) is 55.1 Å². The van der Waals surface area contributed by atoms with Gasteiger partial charge in [0.05, 0.1) is 11.7 Å². The Hall–Kier alpha value is -1.42. The van der Waals surface area contributed by atoms with Crippen molar-refractivity contribution in [2.45, 2.75) is 33.2 Å². The minimum Gasteiger partial charge on any atom is -0.322 e. The normalized spacial score (nSPS) is 14.2. The fourth-order valence-corrected chi connectivity index (χ4v) is 1.46. The smallest absolute Gasteiger partial charge is 0.241 e. The average Bonchev–Trinajstić information content (AvgIpc) is 2.31. The maximum absolute atomic E-state index is 13.4. The minimum absolute atomic E-state index is 0.0721. The third-order valence-corrected chi connectivity index (χ3v) is 2.94. The number of halogens is 1. The summed E-state index contributed by atoms with van der Waals surface area (Å²) in [5.74, 6) is -0.716. The summed E-state index contributed by atoms with van der Waals surface area (Å²) in [6.45, 7) is 5.70. The van der Waals surface area contributed by atoms with Crippen molar-refractivity contribution in [1.82, 2.24) is 0 Å². The highest BCUT2D eigenvalue weighted by atomic mass is 19.1. The van der Waals surface area contributed by atoms with Gasteiger partial charge in [0.1, 0.15) is 5.82 Å². The first-order chi connectivity index (χ1) is 7.95. The van der Waals surface area contributed by atoms with E-state index < -0.39 is 11.9 Å². The Morgan fingerprint density at radius 2 is 2.18 bits per heavy atom. The fraction of sp³-hybridized carbons (Fsp3) is 0.462. The first-order valence-electron chi connectivity index (χ1n) is 5.78. The Bertz CT molecular complexity index is 406. The second-order valence-electron chi connectivity index (χ2n) is 4.38.